The maximum atomic E-state index is 15.4. The van der Waals surface area contributed by atoms with Gasteiger partial charge in [-0.2, -0.15) is 0 Å². The van der Waals surface area contributed by atoms with Crippen molar-refractivity contribution in [3.63, 3.8) is 0 Å². The summed E-state index contributed by atoms with van der Waals surface area (Å²) in [4.78, 5) is 38.6. The minimum Gasteiger partial charge on any atom is -0.496 e. The fourth-order valence-electron chi connectivity index (χ4n) is 6.13. The van der Waals surface area contributed by atoms with Crippen molar-refractivity contribution in [3.05, 3.63) is 108 Å². The number of methoxy groups -OCH3 is 1. The lowest BCUT2D eigenvalue weighted by atomic mass is 9.93. The SMILES string of the molecule is COc1ccccc1CN(C(=O)C(Cc1c[nH]c2ccccc12)(NC(C)=O)N1CC=CCC1)c1c[nH]c2ccc(F)cc12. The molecule has 6 rings (SSSR count). The van der Waals surface area contributed by atoms with Gasteiger partial charge in [-0.1, -0.05) is 48.6 Å². The van der Waals surface area contributed by atoms with E-state index in [9.17, 15) is 9.18 Å². The second-order valence-corrected chi connectivity index (χ2v) is 10.9. The van der Waals surface area contributed by atoms with Gasteiger partial charge < -0.3 is 24.9 Å². The molecule has 9 heteroatoms. The monoisotopic (exact) mass is 579 g/mol. The van der Waals surface area contributed by atoms with E-state index in [1.807, 2.05) is 65.7 Å². The van der Waals surface area contributed by atoms with Crippen molar-refractivity contribution in [1.82, 2.24) is 20.2 Å². The number of hydrogen-bond acceptors (Lipinski definition) is 4. The van der Waals surface area contributed by atoms with Gasteiger partial charge in [-0.15, -0.1) is 0 Å². The predicted octanol–water partition coefficient (Wildman–Crippen LogP) is 5.67. The number of H-pyrrole nitrogens is 2. The first-order valence-electron chi connectivity index (χ1n) is 14.3. The van der Waals surface area contributed by atoms with Crippen LogP contribution in [0.3, 0.4) is 0 Å². The smallest absolute Gasteiger partial charge is 0.268 e. The number of carbonyl (C=O) groups is 2. The molecule has 3 N–H and O–H groups in total. The van der Waals surface area contributed by atoms with Crippen molar-refractivity contribution in [3.8, 4) is 5.75 Å². The Kier molecular flexibility index (Phi) is 7.73. The van der Waals surface area contributed by atoms with Gasteiger partial charge in [0.2, 0.25) is 5.91 Å². The van der Waals surface area contributed by atoms with Crippen LogP contribution in [-0.4, -0.2) is 52.5 Å². The number of amides is 2. The third-order valence-electron chi connectivity index (χ3n) is 8.13. The lowest BCUT2D eigenvalue weighted by molar-refractivity contribution is -0.139. The topological polar surface area (TPSA) is 93.5 Å². The Labute approximate surface area is 249 Å². The molecule has 1 aliphatic heterocycles. The summed E-state index contributed by atoms with van der Waals surface area (Å²) in [6.45, 7) is 2.60. The molecule has 1 unspecified atom stereocenters. The fraction of sp³-hybridized carbons (Fsp3) is 0.235. The van der Waals surface area contributed by atoms with E-state index in [0.29, 0.717) is 35.4 Å². The highest BCUT2D eigenvalue weighted by molar-refractivity contribution is 6.08. The molecule has 0 saturated carbocycles. The summed E-state index contributed by atoms with van der Waals surface area (Å²) in [6, 6.07) is 19.9. The normalized spacial score (nSPS) is 15.0. The molecule has 8 nitrogen and oxygen atoms in total. The number of aromatic amines is 2. The molecule has 0 fully saturated rings. The van der Waals surface area contributed by atoms with Gasteiger partial charge in [0.05, 0.1) is 19.3 Å². The molecule has 5 aromatic rings. The number of benzene rings is 3. The molecule has 0 radical (unpaired) electrons. The first-order valence-corrected chi connectivity index (χ1v) is 14.3. The molecule has 0 spiro atoms. The zero-order chi connectivity index (χ0) is 30.0. The van der Waals surface area contributed by atoms with Crippen LogP contribution in [0.2, 0.25) is 0 Å². The zero-order valence-electron chi connectivity index (χ0n) is 24.2. The van der Waals surface area contributed by atoms with E-state index in [2.05, 4.69) is 21.4 Å². The number of halogens is 1. The molecule has 0 saturated heterocycles. The van der Waals surface area contributed by atoms with Crippen LogP contribution < -0.4 is 15.0 Å². The van der Waals surface area contributed by atoms with Crippen LogP contribution in [0.5, 0.6) is 5.75 Å². The molecule has 2 amide bonds. The van der Waals surface area contributed by atoms with Crippen molar-refractivity contribution in [2.24, 2.45) is 0 Å². The Bertz CT molecular complexity index is 1830. The second-order valence-electron chi connectivity index (χ2n) is 10.9. The van der Waals surface area contributed by atoms with E-state index in [1.165, 1.54) is 19.1 Å². The molecule has 3 aromatic carbocycles. The summed E-state index contributed by atoms with van der Waals surface area (Å²) in [6.07, 6.45) is 8.67. The number of nitrogens with one attached hydrogen (secondary N) is 3. The number of para-hydroxylation sites is 2. The molecule has 0 aliphatic carbocycles. The molecule has 0 bridgehead atoms. The van der Waals surface area contributed by atoms with E-state index in [0.717, 1.165) is 28.5 Å². The number of anilines is 1. The van der Waals surface area contributed by atoms with Crippen LogP contribution in [0.15, 0.2) is 91.3 Å². The Morgan fingerprint density at radius 2 is 1.74 bits per heavy atom. The summed E-state index contributed by atoms with van der Waals surface area (Å²) < 4.78 is 20.2. The van der Waals surface area contributed by atoms with Crippen LogP contribution in [0.1, 0.15) is 24.5 Å². The molecule has 1 atom stereocenters. The van der Waals surface area contributed by atoms with Gasteiger partial charge in [-0.25, -0.2) is 4.39 Å². The molecule has 3 heterocycles. The van der Waals surface area contributed by atoms with E-state index in [4.69, 9.17) is 4.74 Å². The number of nitrogens with zero attached hydrogens (tertiary/aromatic N) is 2. The van der Waals surface area contributed by atoms with Gasteiger partial charge in [0.15, 0.2) is 5.66 Å². The van der Waals surface area contributed by atoms with Crippen molar-refractivity contribution >= 4 is 39.3 Å². The van der Waals surface area contributed by atoms with Crippen LogP contribution in [0.25, 0.3) is 21.8 Å². The molecular weight excluding hydrogens is 545 g/mol. The van der Waals surface area contributed by atoms with Crippen molar-refractivity contribution in [1.29, 1.82) is 0 Å². The van der Waals surface area contributed by atoms with E-state index < -0.39 is 11.5 Å². The Balaban J connectivity index is 1.56. The number of ether oxygens (including phenoxy) is 1. The van der Waals surface area contributed by atoms with E-state index >= 15 is 4.79 Å². The summed E-state index contributed by atoms with van der Waals surface area (Å²) in [7, 11) is 1.59. The summed E-state index contributed by atoms with van der Waals surface area (Å²) >= 11 is 0. The van der Waals surface area contributed by atoms with Gasteiger partial charge in [0, 0.05) is 66.2 Å². The van der Waals surface area contributed by atoms with Crippen molar-refractivity contribution in [2.45, 2.75) is 32.0 Å². The van der Waals surface area contributed by atoms with Gasteiger partial charge in [-0.3, -0.25) is 14.5 Å². The lowest BCUT2D eigenvalue weighted by Gasteiger charge is -2.46. The molecule has 220 valence electrons. The van der Waals surface area contributed by atoms with Gasteiger partial charge in [0.1, 0.15) is 11.6 Å². The predicted molar refractivity (Wildman–Crippen MR) is 166 cm³/mol. The highest BCUT2D eigenvalue weighted by Gasteiger charge is 2.48. The van der Waals surface area contributed by atoms with E-state index in [-0.39, 0.29) is 24.8 Å². The second kappa shape index (κ2) is 11.8. The largest absolute Gasteiger partial charge is 0.496 e. The molecular formula is C34H34FN5O3. The summed E-state index contributed by atoms with van der Waals surface area (Å²) in [5, 5.41) is 4.65. The van der Waals surface area contributed by atoms with Gasteiger partial charge in [-0.05, 0) is 42.3 Å². The lowest BCUT2D eigenvalue weighted by Crippen LogP contribution is -2.70. The number of rotatable bonds is 9. The third-order valence-corrected chi connectivity index (χ3v) is 8.13. The molecule has 1 aliphatic rings. The highest BCUT2D eigenvalue weighted by atomic mass is 19.1. The number of fused-ring (bicyclic) bond motifs is 2. The summed E-state index contributed by atoms with van der Waals surface area (Å²) in [5.74, 6) is -0.454. The van der Waals surface area contributed by atoms with Crippen LogP contribution in [-0.2, 0) is 22.6 Å². The Morgan fingerprint density at radius 1 is 0.977 bits per heavy atom. The quantitative estimate of drug-likeness (QED) is 0.196. The minimum absolute atomic E-state index is 0.130. The average molecular weight is 580 g/mol. The minimum atomic E-state index is -1.46. The molecule has 43 heavy (non-hydrogen) atoms. The average Bonchev–Trinajstić information content (AvgIpc) is 3.63. The number of aromatic nitrogens is 2. The maximum absolute atomic E-state index is 15.4. The van der Waals surface area contributed by atoms with Gasteiger partial charge >= 0.3 is 0 Å². The van der Waals surface area contributed by atoms with Crippen LogP contribution in [0, 0.1) is 5.82 Å². The van der Waals surface area contributed by atoms with E-state index in [1.54, 1.807) is 24.3 Å². The van der Waals surface area contributed by atoms with Gasteiger partial charge in [0.25, 0.3) is 5.91 Å². The first kappa shape index (κ1) is 28.2. The summed E-state index contributed by atoms with van der Waals surface area (Å²) in [5.41, 5.74) is 2.35. The maximum Gasteiger partial charge on any atom is 0.268 e. The molecule has 2 aromatic heterocycles. The van der Waals surface area contributed by atoms with Crippen LogP contribution >= 0.6 is 0 Å². The Morgan fingerprint density at radius 3 is 2.53 bits per heavy atom. The number of hydrogen-bond donors (Lipinski definition) is 3. The third kappa shape index (κ3) is 5.39. The fourth-order valence-corrected chi connectivity index (χ4v) is 6.13. The number of carbonyl (C=O) groups excluding carboxylic acids is 2. The first-order chi connectivity index (χ1) is 20.9. The highest BCUT2D eigenvalue weighted by Crippen LogP contribution is 2.35. The standard InChI is InChI=1S/C34H34FN5O3/c1-23(41)38-34(39-16-8-3-9-17-39,19-25-20-36-29-12-6-5-11-27(25)29)33(42)40(22-24-10-4-7-13-32(24)43-2)31-21-37-30-15-14-26(35)18-28(30)31/h3-8,10-15,18,20-21,36-37H,9,16-17,19,22H2,1-2H3,(H,38,41). The Hall–Kier alpha value is -4.89. The van der Waals surface area contributed by atoms with Crippen molar-refractivity contribution in [2.75, 3.05) is 25.1 Å². The van der Waals surface area contributed by atoms with Crippen LogP contribution in [0.4, 0.5) is 10.1 Å². The van der Waals surface area contributed by atoms with Crippen molar-refractivity contribution < 1.29 is 18.7 Å². The zero-order valence-corrected chi connectivity index (χ0v) is 24.2.